The standard InChI is InChI=1S/C35H39Cl2N5O4S.CH4/c1-5-46-30-22-26(35(2,3)23-38)10-15-29(30)33-39-31(24-6-11-27(36)12-7-24)32(25-8-13-28(37)14-9-25)42(33)34(43)41-18-16-40(17-19-41)20-21-47(4,44)45;/h6-15,22,31-32H,5,16-21H2,1-4H3;1H4/t31-,32+;/m0./s1. The molecule has 5 rings (SSSR count). The Hall–Kier alpha value is -3.62. The van der Waals surface area contributed by atoms with E-state index in [1.165, 1.54) is 6.26 Å². The molecule has 1 fully saturated rings. The van der Waals surface area contributed by atoms with Crippen molar-refractivity contribution in [2.24, 2.45) is 4.99 Å². The Labute approximate surface area is 294 Å². The van der Waals surface area contributed by atoms with Gasteiger partial charge in [-0.2, -0.15) is 5.26 Å². The van der Waals surface area contributed by atoms with Crippen LogP contribution in [0.25, 0.3) is 0 Å². The number of aliphatic imine (C=N–C) groups is 1. The van der Waals surface area contributed by atoms with Gasteiger partial charge >= 0.3 is 6.03 Å². The average molecular weight is 713 g/mol. The number of benzene rings is 3. The lowest BCUT2D eigenvalue weighted by Crippen LogP contribution is -2.54. The van der Waals surface area contributed by atoms with Gasteiger partial charge < -0.3 is 9.64 Å². The van der Waals surface area contributed by atoms with Gasteiger partial charge in [0.1, 0.15) is 27.5 Å². The van der Waals surface area contributed by atoms with E-state index in [0.29, 0.717) is 66.5 Å². The first-order valence-corrected chi connectivity index (χ1v) is 18.4. The number of nitrogens with zero attached hydrogens (tertiary/aromatic N) is 5. The first kappa shape index (κ1) is 37.2. The Kier molecular flexibility index (Phi) is 11.9. The van der Waals surface area contributed by atoms with Crippen LogP contribution in [0.1, 0.15) is 62.5 Å². The highest BCUT2D eigenvalue weighted by Crippen LogP contribution is 2.46. The fourth-order valence-electron chi connectivity index (χ4n) is 5.90. The fourth-order valence-corrected chi connectivity index (χ4v) is 6.74. The molecule has 0 radical (unpaired) electrons. The maximum atomic E-state index is 14.8. The number of piperazine rings is 1. The van der Waals surface area contributed by atoms with Gasteiger partial charge in [0.2, 0.25) is 0 Å². The summed E-state index contributed by atoms with van der Waals surface area (Å²) in [5.74, 6) is 1.06. The molecule has 0 unspecified atom stereocenters. The van der Waals surface area contributed by atoms with Crippen LogP contribution in [0.2, 0.25) is 10.0 Å². The van der Waals surface area contributed by atoms with Crippen LogP contribution in [0.4, 0.5) is 4.79 Å². The SMILES string of the molecule is C.CCOc1cc(C(C)(C)C#N)ccc1C1=N[C@@H](c2ccc(Cl)cc2)[C@@H](c2ccc(Cl)cc2)N1C(=O)N1CCN(CCS(C)(=O)=O)CC1. The van der Waals surface area contributed by atoms with Crippen molar-refractivity contribution in [3.8, 4) is 11.8 Å². The molecule has 2 aliphatic heterocycles. The van der Waals surface area contributed by atoms with Crippen molar-refractivity contribution in [3.63, 3.8) is 0 Å². The molecular weight excluding hydrogens is 669 g/mol. The van der Waals surface area contributed by atoms with E-state index in [0.717, 1.165) is 16.7 Å². The van der Waals surface area contributed by atoms with E-state index < -0.39 is 27.3 Å². The zero-order valence-corrected chi connectivity index (χ0v) is 29.3. The summed E-state index contributed by atoms with van der Waals surface area (Å²) in [4.78, 5) is 25.6. The molecule has 0 saturated carbocycles. The Morgan fingerprint density at radius 3 is 2.10 bits per heavy atom. The predicted molar refractivity (Wildman–Crippen MR) is 193 cm³/mol. The highest BCUT2D eigenvalue weighted by Gasteiger charge is 2.45. The number of sulfone groups is 1. The molecule has 0 N–H and O–H groups in total. The van der Waals surface area contributed by atoms with Gasteiger partial charge in [0.25, 0.3) is 0 Å². The largest absolute Gasteiger partial charge is 0.493 e. The molecule has 3 aromatic rings. The summed E-state index contributed by atoms with van der Waals surface area (Å²) < 4.78 is 29.7. The van der Waals surface area contributed by atoms with Crippen LogP contribution in [0.15, 0.2) is 71.7 Å². The highest BCUT2D eigenvalue weighted by molar-refractivity contribution is 7.90. The Morgan fingerprint density at radius 1 is 0.979 bits per heavy atom. The molecule has 48 heavy (non-hydrogen) atoms. The molecule has 0 spiro atoms. The zero-order chi connectivity index (χ0) is 33.9. The molecule has 2 atom stereocenters. The minimum absolute atomic E-state index is 0. The zero-order valence-electron chi connectivity index (χ0n) is 27.0. The number of nitriles is 1. The molecule has 3 aromatic carbocycles. The Bertz CT molecular complexity index is 1780. The van der Waals surface area contributed by atoms with E-state index >= 15 is 0 Å². The highest BCUT2D eigenvalue weighted by atomic mass is 35.5. The Morgan fingerprint density at radius 2 is 1.56 bits per heavy atom. The smallest absolute Gasteiger partial charge is 0.326 e. The second-order valence-corrected chi connectivity index (χ2v) is 15.6. The number of halogens is 2. The first-order chi connectivity index (χ1) is 22.3. The monoisotopic (exact) mass is 711 g/mol. The summed E-state index contributed by atoms with van der Waals surface area (Å²) in [6, 6.07) is 21.7. The molecule has 0 aliphatic carbocycles. The van der Waals surface area contributed by atoms with Crippen LogP contribution in [0, 0.1) is 11.3 Å². The van der Waals surface area contributed by atoms with E-state index in [4.69, 9.17) is 32.9 Å². The lowest BCUT2D eigenvalue weighted by Gasteiger charge is -2.39. The number of amides is 2. The third-order valence-corrected chi connectivity index (χ3v) is 10.1. The molecule has 2 amide bonds. The molecule has 2 aliphatic rings. The summed E-state index contributed by atoms with van der Waals surface area (Å²) in [5, 5.41) is 11.0. The number of hydrogen-bond acceptors (Lipinski definition) is 7. The van der Waals surface area contributed by atoms with Gasteiger partial charge in [-0.1, -0.05) is 61.0 Å². The van der Waals surface area contributed by atoms with Crippen LogP contribution in [0.3, 0.4) is 0 Å². The lowest BCUT2D eigenvalue weighted by molar-refractivity contribution is 0.122. The topological polar surface area (TPSA) is 106 Å². The molecule has 1 saturated heterocycles. The number of amidine groups is 1. The maximum Gasteiger partial charge on any atom is 0.326 e. The normalized spacial score (nSPS) is 18.6. The number of ether oxygens (including phenoxy) is 1. The van der Waals surface area contributed by atoms with Crippen molar-refractivity contribution in [1.29, 1.82) is 5.26 Å². The second kappa shape index (κ2) is 15.3. The molecule has 12 heteroatoms. The van der Waals surface area contributed by atoms with Crippen molar-refractivity contribution in [3.05, 3.63) is 99.0 Å². The second-order valence-electron chi connectivity index (χ2n) is 12.4. The van der Waals surface area contributed by atoms with Crippen LogP contribution < -0.4 is 4.74 Å². The number of carbonyl (C=O) groups is 1. The summed E-state index contributed by atoms with van der Waals surface area (Å²) in [5.41, 5.74) is 2.41. The van der Waals surface area contributed by atoms with Crippen molar-refractivity contribution >= 4 is 44.9 Å². The molecule has 256 valence electrons. The minimum atomic E-state index is -3.10. The van der Waals surface area contributed by atoms with Crippen LogP contribution in [-0.2, 0) is 15.3 Å². The lowest BCUT2D eigenvalue weighted by atomic mass is 9.85. The fraction of sp³-hybridized carbons (Fsp3) is 0.417. The van der Waals surface area contributed by atoms with E-state index in [-0.39, 0.29) is 19.2 Å². The average Bonchev–Trinajstić information content (AvgIpc) is 3.44. The van der Waals surface area contributed by atoms with Crippen LogP contribution in [0.5, 0.6) is 5.75 Å². The van der Waals surface area contributed by atoms with Crippen LogP contribution >= 0.6 is 23.2 Å². The quantitative estimate of drug-likeness (QED) is 0.233. The van der Waals surface area contributed by atoms with Gasteiger partial charge in [-0.15, -0.1) is 0 Å². The number of urea groups is 1. The van der Waals surface area contributed by atoms with E-state index in [1.807, 2.05) is 75.4 Å². The summed E-state index contributed by atoms with van der Waals surface area (Å²) in [7, 11) is -3.10. The summed E-state index contributed by atoms with van der Waals surface area (Å²) >= 11 is 12.6. The third kappa shape index (κ3) is 8.32. The maximum absolute atomic E-state index is 14.8. The van der Waals surface area contributed by atoms with Gasteiger partial charge in [-0.05, 0) is 73.9 Å². The van der Waals surface area contributed by atoms with E-state index in [9.17, 15) is 18.5 Å². The minimum Gasteiger partial charge on any atom is -0.493 e. The summed E-state index contributed by atoms with van der Waals surface area (Å²) in [6.45, 7) is 8.35. The van der Waals surface area contributed by atoms with E-state index in [1.54, 1.807) is 21.9 Å². The molecular formula is C36H43Cl2N5O4S. The molecule has 0 aromatic heterocycles. The molecule has 9 nitrogen and oxygen atoms in total. The van der Waals surface area contributed by atoms with Gasteiger partial charge in [0.05, 0.1) is 35.4 Å². The van der Waals surface area contributed by atoms with Crippen molar-refractivity contribution in [2.45, 2.75) is 45.7 Å². The number of carbonyl (C=O) groups excluding carboxylic acids is 1. The van der Waals surface area contributed by atoms with Gasteiger partial charge in [-0.25, -0.2) is 13.2 Å². The van der Waals surface area contributed by atoms with Crippen molar-refractivity contribution < 1.29 is 17.9 Å². The number of rotatable bonds is 9. The molecule has 0 bridgehead atoms. The van der Waals surface area contributed by atoms with Gasteiger partial charge in [0, 0.05) is 49.0 Å². The van der Waals surface area contributed by atoms with Gasteiger partial charge in [-0.3, -0.25) is 14.8 Å². The van der Waals surface area contributed by atoms with E-state index in [2.05, 4.69) is 11.0 Å². The molecule has 2 heterocycles. The predicted octanol–water partition coefficient (Wildman–Crippen LogP) is 7.16. The van der Waals surface area contributed by atoms with Crippen molar-refractivity contribution in [1.82, 2.24) is 14.7 Å². The third-order valence-electron chi connectivity index (χ3n) is 8.64. The summed E-state index contributed by atoms with van der Waals surface area (Å²) in [6.07, 6.45) is 1.24. The van der Waals surface area contributed by atoms with Crippen LogP contribution in [-0.4, -0.2) is 86.3 Å². The van der Waals surface area contributed by atoms with Gasteiger partial charge in [0.15, 0.2) is 0 Å². The van der Waals surface area contributed by atoms with Crippen molar-refractivity contribution in [2.75, 3.05) is 51.3 Å². The number of hydrogen-bond donors (Lipinski definition) is 0. The Balaban J connectivity index is 0.00000520. The first-order valence-electron chi connectivity index (χ1n) is 15.6.